The summed E-state index contributed by atoms with van der Waals surface area (Å²) >= 11 is 12.1. The van der Waals surface area contributed by atoms with Gasteiger partial charge >= 0.3 is 0 Å². The van der Waals surface area contributed by atoms with Crippen LogP contribution in [0.15, 0.2) is 18.2 Å². The van der Waals surface area contributed by atoms with Gasteiger partial charge in [-0.2, -0.15) is 9.97 Å². The van der Waals surface area contributed by atoms with Gasteiger partial charge in [0.25, 0.3) is 0 Å². The highest BCUT2D eigenvalue weighted by Gasteiger charge is 2.18. The number of aliphatic hydroxyl groups excluding tert-OH is 1. The van der Waals surface area contributed by atoms with E-state index in [9.17, 15) is 13.5 Å². The van der Waals surface area contributed by atoms with Crippen LogP contribution in [0.4, 0.5) is 5.95 Å². The van der Waals surface area contributed by atoms with Gasteiger partial charge in [-0.15, -0.1) is 0 Å². The molecule has 2 rings (SSSR count). The number of rotatable bonds is 10. The lowest BCUT2D eigenvalue weighted by Crippen LogP contribution is -2.28. The number of anilines is 1. The number of nitrogens with zero attached hydrogens (tertiary/aromatic N) is 3. The van der Waals surface area contributed by atoms with Gasteiger partial charge in [0.1, 0.15) is 11.6 Å². The lowest BCUT2D eigenvalue weighted by atomic mass is 9.97. The van der Waals surface area contributed by atoms with Crippen LogP contribution in [0.5, 0.6) is 0 Å². The smallest absolute Gasteiger partial charge is 0.226 e. The Hall–Kier alpha value is -1.52. The van der Waals surface area contributed by atoms with Crippen molar-refractivity contribution < 1.29 is 13.5 Å². The zero-order valence-electron chi connectivity index (χ0n) is 17.1. The van der Waals surface area contributed by atoms with Crippen LogP contribution in [-0.4, -0.2) is 41.1 Å². The number of hydrogen-bond acceptors (Lipinski definition) is 7. The average molecular weight is 476 g/mol. The molecule has 0 aliphatic heterocycles. The number of aromatic nitrogens is 3. The first-order valence-corrected chi connectivity index (χ1v) is 12.0. The van der Waals surface area contributed by atoms with Crippen LogP contribution in [0, 0.1) is 5.92 Å². The Balaban J connectivity index is 2.31. The fraction of sp³-hybridized carbons (Fsp3) is 0.526. The first-order valence-electron chi connectivity index (χ1n) is 9.53. The molecule has 0 unspecified atom stereocenters. The third-order valence-electron chi connectivity index (χ3n) is 4.37. The number of aliphatic hydroxyl groups is 1. The zero-order valence-corrected chi connectivity index (χ0v) is 19.5. The first kappa shape index (κ1) is 24.7. The van der Waals surface area contributed by atoms with Crippen LogP contribution in [0.3, 0.4) is 0 Å². The predicted octanol–water partition coefficient (Wildman–Crippen LogP) is 3.13. The van der Waals surface area contributed by atoms with Gasteiger partial charge in [-0.25, -0.2) is 18.5 Å². The summed E-state index contributed by atoms with van der Waals surface area (Å²) in [5.74, 6) is 0.487. The van der Waals surface area contributed by atoms with E-state index in [1.54, 1.807) is 12.1 Å². The van der Waals surface area contributed by atoms with Crippen LogP contribution in [0.25, 0.3) is 0 Å². The second kappa shape index (κ2) is 10.7. The summed E-state index contributed by atoms with van der Waals surface area (Å²) in [6.45, 7) is 5.94. The van der Waals surface area contributed by atoms with Crippen LogP contribution in [0.2, 0.25) is 10.0 Å². The van der Waals surface area contributed by atoms with Gasteiger partial charge in [-0.05, 0) is 36.0 Å². The summed E-state index contributed by atoms with van der Waals surface area (Å²) in [4.78, 5) is 12.9. The Morgan fingerprint density at radius 3 is 2.33 bits per heavy atom. The van der Waals surface area contributed by atoms with Gasteiger partial charge in [0.05, 0.1) is 22.7 Å². The van der Waals surface area contributed by atoms with E-state index < -0.39 is 15.8 Å². The van der Waals surface area contributed by atoms with E-state index in [0.717, 1.165) is 5.56 Å². The fourth-order valence-corrected chi connectivity index (χ4v) is 3.81. The minimum absolute atomic E-state index is 0.0124. The number of primary sulfonamides is 1. The van der Waals surface area contributed by atoms with E-state index in [0.29, 0.717) is 34.6 Å². The molecule has 8 nitrogen and oxygen atoms in total. The van der Waals surface area contributed by atoms with Gasteiger partial charge in [0, 0.05) is 6.42 Å². The number of nitrogens with one attached hydrogen (secondary N) is 1. The quantitative estimate of drug-likeness (QED) is 0.480. The van der Waals surface area contributed by atoms with Crippen molar-refractivity contribution in [3.8, 4) is 0 Å². The fourth-order valence-electron chi connectivity index (χ4n) is 3.01. The van der Waals surface area contributed by atoms with Crippen LogP contribution >= 0.6 is 23.2 Å². The van der Waals surface area contributed by atoms with E-state index in [1.165, 1.54) is 0 Å². The summed E-state index contributed by atoms with van der Waals surface area (Å²) in [5.41, 5.74) is 0.945. The summed E-state index contributed by atoms with van der Waals surface area (Å²) in [7, 11) is -3.82. The maximum absolute atomic E-state index is 11.5. The highest BCUT2D eigenvalue weighted by Crippen LogP contribution is 2.28. The van der Waals surface area contributed by atoms with Gasteiger partial charge in [-0.3, -0.25) is 0 Å². The maximum Gasteiger partial charge on any atom is 0.226 e. The molecule has 0 bridgehead atoms. The van der Waals surface area contributed by atoms with Crippen molar-refractivity contribution in [1.82, 2.24) is 15.0 Å². The summed E-state index contributed by atoms with van der Waals surface area (Å²) in [6.07, 6.45) is 1.11. The molecule has 0 amide bonds. The van der Waals surface area contributed by atoms with Crippen LogP contribution < -0.4 is 10.5 Å². The van der Waals surface area contributed by atoms with Gasteiger partial charge in [-0.1, -0.05) is 50.0 Å². The molecule has 166 valence electrons. The molecular formula is C19H27Cl2N5O3S. The van der Waals surface area contributed by atoms with E-state index in [2.05, 4.69) is 20.3 Å². The van der Waals surface area contributed by atoms with Crippen molar-refractivity contribution in [2.24, 2.45) is 11.1 Å². The standard InChI is InChI=1S/C19H27Cl2N5O3S/c1-11(2)6-14(9-27)23-19-25-17(24-18(26-19)10-30(22,28)29)7-12(3)13-4-5-15(20)16(21)8-13/h4-5,8,11-12,14,27H,6-7,9-10H2,1-3H3,(H2,22,28,29)(H,23,24,25,26)/t12-,14-/m1/s1. The molecule has 0 saturated heterocycles. The van der Waals surface area contributed by atoms with Crippen LogP contribution in [0.1, 0.15) is 50.3 Å². The molecule has 11 heteroatoms. The minimum Gasteiger partial charge on any atom is -0.394 e. The normalized spacial score (nSPS) is 14.0. The Kier molecular flexibility index (Phi) is 8.81. The molecule has 0 saturated carbocycles. The van der Waals surface area contributed by atoms with Crippen molar-refractivity contribution in [1.29, 1.82) is 0 Å². The molecule has 30 heavy (non-hydrogen) atoms. The number of nitrogens with two attached hydrogens (primary N) is 1. The third kappa shape index (κ3) is 7.96. The molecule has 2 aromatic rings. The first-order chi connectivity index (χ1) is 14.0. The van der Waals surface area contributed by atoms with Gasteiger partial charge < -0.3 is 10.4 Å². The molecule has 1 aromatic heterocycles. The molecule has 0 spiro atoms. The molecule has 0 radical (unpaired) electrons. The van der Waals surface area contributed by atoms with Gasteiger partial charge in [0.2, 0.25) is 16.0 Å². The van der Waals surface area contributed by atoms with E-state index in [1.807, 2.05) is 26.8 Å². The second-order valence-electron chi connectivity index (χ2n) is 7.73. The van der Waals surface area contributed by atoms with Crippen molar-refractivity contribution in [2.45, 2.75) is 51.3 Å². The Bertz CT molecular complexity index is 973. The monoisotopic (exact) mass is 475 g/mol. The molecule has 0 aliphatic carbocycles. The van der Waals surface area contributed by atoms with E-state index >= 15 is 0 Å². The van der Waals surface area contributed by atoms with Gasteiger partial charge in [0.15, 0.2) is 5.82 Å². The molecule has 0 fully saturated rings. The largest absolute Gasteiger partial charge is 0.394 e. The second-order valence-corrected chi connectivity index (χ2v) is 10.2. The van der Waals surface area contributed by atoms with E-state index in [4.69, 9.17) is 28.3 Å². The summed E-state index contributed by atoms with van der Waals surface area (Å²) < 4.78 is 23.1. The lowest BCUT2D eigenvalue weighted by Gasteiger charge is -2.19. The highest BCUT2D eigenvalue weighted by atomic mass is 35.5. The van der Waals surface area contributed by atoms with Crippen molar-refractivity contribution in [3.63, 3.8) is 0 Å². The SMILES string of the molecule is CC(C)C[C@H](CO)Nc1nc(C[C@@H](C)c2ccc(Cl)c(Cl)c2)nc(CS(N)(=O)=O)n1. The highest BCUT2D eigenvalue weighted by molar-refractivity contribution is 7.88. The molecular weight excluding hydrogens is 449 g/mol. The number of halogens is 2. The topological polar surface area (TPSA) is 131 Å². The maximum atomic E-state index is 11.5. The molecule has 2 atom stereocenters. The molecule has 0 aliphatic rings. The Labute approximate surface area is 187 Å². The number of hydrogen-bond donors (Lipinski definition) is 3. The average Bonchev–Trinajstić information content (AvgIpc) is 2.61. The Morgan fingerprint density at radius 2 is 1.77 bits per heavy atom. The molecule has 1 aromatic carbocycles. The molecule has 4 N–H and O–H groups in total. The third-order valence-corrected chi connectivity index (χ3v) is 5.77. The summed E-state index contributed by atoms with van der Waals surface area (Å²) in [6, 6.07) is 5.11. The predicted molar refractivity (Wildman–Crippen MR) is 119 cm³/mol. The van der Waals surface area contributed by atoms with Crippen LogP contribution in [-0.2, 0) is 22.2 Å². The minimum atomic E-state index is -3.82. The number of benzene rings is 1. The van der Waals surface area contributed by atoms with Crippen molar-refractivity contribution >= 4 is 39.2 Å². The van der Waals surface area contributed by atoms with Crippen molar-refractivity contribution in [3.05, 3.63) is 45.5 Å². The number of sulfonamides is 1. The molecule has 1 heterocycles. The zero-order chi connectivity index (χ0) is 22.5. The lowest BCUT2D eigenvalue weighted by molar-refractivity contribution is 0.259. The van der Waals surface area contributed by atoms with E-state index in [-0.39, 0.29) is 30.3 Å². The Morgan fingerprint density at radius 1 is 1.10 bits per heavy atom. The van der Waals surface area contributed by atoms with Crippen molar-refractivity contribution in [2.75, 3.05) is 11.9 Å². The summed E-state index contributed by atoms with van der Waals surface area (Å²) in [5, 5.41) is 18.8.